The van der Waals surface area contributed by atoms with Crippen molar-refractivity contribution in [1.82, 2.24) is 0 Å². The van der Waals surface area contributed by atoms with Crippen LogP contribution in [0, 0.1) is 0 Å². The molecule has 3 nitrogen and oxygen atoms in total. The smallest absolute Gasteiger partial charge is 0.302 e. The SMILES string of the molecule is C=C.C=C.COCCOC(C)=O. The van der Waals surface area contributed by atoms with E-state index in [0.29, 0.717) is 13.2 Å². The Kier molecular flexibility index (Phi) is 32.1. The Labute approximate surface area is 74.7 Å². The van der Waals surface area contributed by atoms with Crippen LogP contribution in [-0.2, 0) is 14.3 Å². The van der Waals surface area contributed by atoms with Crippen LogP contribution in [0.25, 0.3) is 0 Å². The molecule has 3 heteroatoms. The summed E-state index contributed by atoms with van der Waals surface area (Å²) >= 11 is 0. The minimum Gasteiger partial charge on any atom is -0.463 e. The van der Waals surface area contributed by atoms with E-state index in [0.717, 1.165) is 0 Å². The second kappa shape index (κ2) is 22.5. The summed E-state index contributed by atoms with van der Waals surface area (Å²) in [7, 11) is 1.56. The maximum Gasteiger partial charge on any atom is 0.302 e. The normalized spacial score (nSPS) is 6.50. The van der Waals surface area contributed by atoms with Gasteiger partial charge in [-0.25, -0.2) is 0 Å². The van der Waals surface area contributed by atoms with Crippen molar-refractivity contribution in [2.75, 3.05) is 20.3 Å². The number of hydrogen-bond acceptors (Lipinski definition) is 3. The molecule has 0 bridgehead atoms. The van der Waals surface area contributed by atoms with Crippen LogP contribution in [0.4, 0.5) is 0 Å². The summed E-state index contributed by atoms with van der Waals surface area (Å²) in [6.45, 7) is 14.2. The summed E-state index contributed by atoms with van der Waals surface area (Å²) in [5, 5.41) is 0. The maximum atomic E-state index is 10.0. The number of hydrogen-bond donors (Lipinski definition) is 0. The lowest BCUT2D eigenvalue weighted by Gasteiger charge is -1.97. The highest BCUT2D eigenvalue weighted by atomic mass is 16.6. The molecular weight excluding hydrogens is 156 g/mol. The van der Waals surface area contributed by atoms with Gasteiger partial charge in [0.1, 0.15) is 6.61 Å². The molecule has 0 N–H and O–H groups in total. The third-order valence-electron chi connectivity index (χ3n) is 0.593. The molecule has 0 aromatic rings. The molecule has 0 amide bonds. The number of esters is 1. The van der Waals surface area contributed by atoms with Crippen molar-refractivity contribution in [3.8, 4) is 0 Å². The molecule has 0 saturated carbocycles. The zero-order valence-electron chi connectivity index (χ0n) is 7.97. The third kappa shape index (κ3) is 36.5. The number of methoxy groups -OCH3 is 1. The van der Waals surface area contributed by atoms with Gasteiger partial charge < -0.3 is 9.47 Å². The topological polar surface area (TPSA) is 35.5 Å². The van der Waals surface area contributed by atoms with E-state index < -0.39 is 0 Å². The van der Waals surface area contributed by atoms with Gasteiger partial charge in [-0.3, -0.25) is 4.79 Å². The monoisotopic (exact) mass is 174 g/mol. The van der Waals surface area contributed by atoms with E-state index in [1.807, 2.05) is 0 Å². The van der Waals surface area contributed by atoms with Gasteiger partial charge in [0, 0.05) is 14.0 Å². The van der Waals surface area contributed by atoms with Crippen molar-refractivity contribution < 1.29 is 14.3 Å². The van der Waals surface area contributed by atoms with Crippen LogP contribution in [0.2, 0.25) is 0 Å². The molecule has 0 aliphatic heterocycles. The minimum absolute atomic E-state index is 0.262. The molecule has 0 aliphatic carbocycles. The van der Waals surface area contributed by atoms with E-state index in [4.69, 9.17) is 0 Å². The van der Waals surface area contributed by atoms with Crippen LogP contribution >= 0.6 is 0 Å². The molecule has 0 spiro atoms. The molecule has 0 rings (SSSR count). The van der Waals surface area contributed by atoms with E-state index in [1.165, 1.54) is 6.92 Å². The Hall–Kier alpha value is -1.09. The van der Waals surface area contributed by atoms with Crippen molar-refractivity contribution in [2.45, 2.75) is 6.92 Å². The maximum absolute atomic E-state index is 10.0. The first kappa shape index (κ1) is 17.1. The average molecular weight is 174 g/mol. The lowest BCUT2D eigenvalue weighted by Crippen LogP contribution is -2.05. The van der Waals surface area contributed by atoms with Crippen LogP contribution in [0.5, 0.6) is 0 Å². The zero-order chi connectivity index (χ0) is 10.4. The lowest BCUT2D eigenvalue weighted by molar-refractivity contribution is -0.142. The van der Waals surface area contributed by atoms with Crippen LogP contribution < -0.4 is 0 Å². The quantitative estimate of drug-likeness (QED) is 0.372. The van der Waals surface area contributed by atoms with Crippen molar-refractivity contribution in [3.63, 3.8) is 0 Å². The second-order valence-electron chi connectivity index (χ2n) is 1.33. The lowest BCUT2D eigenvalue weighted by atomic mass is 10.7. The summed E-state index contributed by atoms with van der Waals surface area (Å²) in [6, 6.07) is 0. The molecule has 0 aliphatic rings. The van der Waals surface area contributed by atoms with E-state index in [2.05, 4.69) is 35.8 Å². The molecule has 0 radical (unpaired) electrons. The fourth-order valence-corrected chi connectivity index (χ4v) is 0.269. The van der Waals surface area contributed by atoms with Gasteiger partial charge in [0.05, 0.1) is 6.61 Å². The van der Waals surface area contributed by atoms with Crippen LogP contribution in [0.15, 0.2) is 26.3 Å². The number of rotatable bonds is 3. The highest BCUT2D eigenvalue weighted by molar-refractivity contribution is 5.65. The fourth-order valence-electron chi connectivity index (χ4n) is 0.269. The van der Waals surface area contributed by atoms with Crippen LogP contribution in [-0.4, -0.2) is 26.3 Å². The molecule has 0 aromatic carbocycles. The largest absolute Gasteiger partial charge is 0.463 e. The molecule has 12 heavy (non-hydrogen) atoms. The van der Waals surface area contributed by atoms with Gasteiger partial charge in [-0.2, -0.15) is 0 Å². The standard InChI is InChI=1S/C5H10O3.2C2H4/c1-5(6)8-4-3-7-2;2*1-2/h3-4H2,1-2H3;2*1-2H2. The highest BCUT2D eigenvalue weighted by Gasteiger charge is 1.88. The first-order valence-corrected chi connectivity index (χ1v) is 3.39. The van der Waals surface area contributed by atoms with Crippen molar-refractivity contribution in [3.05, 3.63) is 26.3 Å². The molecule has 0 unspecified atom stereocenters. The van der Waals surface area contributed by atoms with Gasteiger partial charge in [0.25, 0.3) is 0 Å². The summed E-state index contributed by atoms with van der Waals surface area (Å²) in [5.74, 6) is -0.262. The summed E-state index contributed by atoms with van der Waals surface area (Å²) in [6.07, 6.45) is 0. The number of carbonyl (C=O) groups excluding carboxylic acids is 1. The van der Waals surface area contributed by atoms with Gasteiger partial charge >= 0.3 is 5.97 Å². The predicted molar refractivity (Wildman–Crippen MR) is 51.0 cm³/mol. The molecule has 0 aromatic heterocycles. The molecule has 72 valence electrons. The predicted octanol–water partition coefficient (Wildman–Crippen LogP) is 1.80. The summed E-state index contributed by atoms with van der Waals surface area (Å²) in [5.41, 5.74) is 0. The molecule has 0 saturated heterocycles. The van der Waals surface area contributed by atoms with E-state index in [1.54, 1.807) is 7.11 Å². The van der Waals surface area contributed by atoms with Crippen molar-refractivity contribution in [2.24, 2.45) is 0 Å². The highest BCUT2D eigenvalue weighted by Crippen LogP contribution is 1.74. The van der Waals surface area contributed by atoms with Crippen molar-refractivity contribution in [1.29, 1.82) is 0 Å². The van der Waals surface area contributed by atoms with Crippen LogP contribution in [0.3, 0.4) is 0 Å². The number of ether oxygens (including phenoxy) is 2. The van der Waals surface area contributed by atoms with Gasteiger partial charge in [-0.1, -0.05) is 0 Å². The van der Waals surface area contributed by atoms with Gasteiger partial charge in [-0.05, 0) is 0 Å². The molecule has 0 fully saturated rings. The molecule has 0 atom stereocenters. The zero-order valence-corrected chi connectivity index (χ0v) is 7.97. The minimum atomic E-state index is -0.262. The van der Waals surface area contributed by atoms with Crippen LogP contribution in [0.1, 0.15) is 6.92 Å². The third-order valence-corrected chi connectivity index (χ3v) is 0.593. The van der Waals surface area contributed by atoms with E-state index in [-0.39, 0.29) is 5.97 Å². The molecular formula is C9H18O3. The Morgan fingerprint density at radius 2 is 1.58 bits per heavy atom. The number of carbonyl (C=O) groups is 1. The Bertz CT molecular complexity index is 89.8. The van der Waals surface area contributed by atoms with E-state index in [9.17, 15) is 4.79 Å². The van der Waals surface area contributed by atoms with Crippen molar-refractivity contribution >= 4 is 5.97 Å². The first-order valence-electron chi connectivity index (χ1n) is 3.39. The Morgan fingerprint density at radius 3 is 1.83 bits per heavy atom. The fraction of sp³-hybridized carbons (Fsp3) is 0.444. The van der Waals surface area contributed by atoms with Gasteiger partial charge in [-0.15, -0.1) is 26.3 Å². The Morgan fingerprint density at radius 1 is 1.17 bits per heavy atom. The van der Waals surface area contributed by atoms with Gasteiger partial charge in [0.15, 0.2) is 0 Å². The summed E-state index contributed by atoms with van der Waals surface area (Å²) in [4.78, 5) is 10.0. The molecule has 0 heterocycles. The first-order chi connectivity index (χ1) is 5.77. The average Bonchev–Trinajstić information content (AvgIpc) is 2.12. The summed E-state index contributed by atoms with van der Waals surface area (Å²) < 4.78 is 9.13. The second-order valence-corrected chi connectivity index (χ2v) is 1.33. The van der Waals surface area contributed by atoms with Gasteiger partial charge in [0.2, 0.25) is 0 Å². The van der Waals surface area contributed by atoms with E-state index >= 15 is 0 Å². The Balaban J connectivity index is -0.000000175.